The van der Waals surface area contributed by atoms with E-state index in [1.165, 1.54) is 33.1 Å². The molecule has 0 aliphatic heterocycles. The van der Waals surface area contributed by atoms with Crippen LogP contribution < -0.4 is 0 Å². The first-order valence-electron chi connectivity index (χ1n) is 9.91. The summed E-state index contributed by atoms with van der Waals surface area (Å²) in [5.41, 5.74) is -0.257. The van der Waals surface area contributed by atoms with Crippen LogP contribution in [0.2, 0.25) is 0 Å². The lowest BCUT2D eigenvalue weighted by atomic mass is 9.48. The van der Waals surface area contributed by atoms with Crippen LogP contribution in [0.3, 0.4) is 0 Å². The summed E-state index contributed by atoms with van der Waals surface area (Å²) in [6.07, 6.45) is 6.24. The fraction of sp³-hybridized carbons (Fsp3) is 0.762. The van der Waals surface area contributed by atoms with Gasteiger partial charge in [0.1, 0.15) is 0 Å². The van der Waals surface area contributed by atoms with Crippen LogP contribution in [-0.2, 0) is 28.6 Å². The van der Waals surface area contributed by atoms with Crippen LogP contribution in [0.15, 0.2) is 12.2 Å². The molecule has 4 rings (SSSR count). The highest BCUT2D eigenvalue weighted by atomic mass is 16.7. The van der Waals surface area contributed by atoms with Crippen LogP contribution in [0, 0.1) is 23.2 Å². The van der Waals surface area contributed by atoms with E-state index in [9.17, 15) is 14.4 Å². The van der Waals surface area contributed by atoms with Crippen molar-refractivity contribution in [2.45, 2.75) is 65.1 Å². The second-order valence-corrected chi connectivity index (χ2v) is 8.74. The van der Waals surface area contributed by atoms with Gasteiger partial charge in [0.15, 0.2) is 6.61 Å². The topological polar surface area (TPSA) is 78.9 Å². The Morgan fingerprint density at radius 2 is 1.59 bits per heavy atom. The number of carbonyl (C=O) groups excluding carboxylic acids is 3. The minimum atomic E-state index is -1.65. The van der Waals surface area contributed by atoms with Crippen LogP contribution in [-0.4, -0.2) is 36.7 Å². The molecule has 1 unspecified atom stereocenters. The maximum absolute atomic E-state index is 13.6. The molecule has 0 aromatic heterocycles. The number of ether oxygens (including phenoxy) is 3. The van der Waals surface area contributed by atoms with Crippen LogP contribution in [0.5, 0.6) is 0 Å². The predicted octanol–water partition coefficient (Wildman–Crippen LogP) is 3.19. The molecule has 0 radical (unpaired) electrons. The summed E-state index contributed by atoms with van der Waals surface area (Å²) >= 11 is 0. The Kier molecular flexibility index (Phi) is 5.48. The highest BCUT2D eigenvalue weighted by Gasteiger charge is 2.59. The highest BCUT2D eigenvalue weighted by molar-refractivity contribution is 5.94. The van der Waals surface area contributed by atoms with Crippen molar-refractivity contribution in [1.82, 2.24) is 0 Å². The smallest absolute Gasteiger partial charge is 0.347 e. The third-order valence-corrected chi connectivity index (χ3v) is 6.33. The minimum absolute atomic E-state index is 0.129. The summed E-state index contributed by atoms with van der Waals surface area (Å²) in [4.78, 5) is 37.3. The van der Waals surface area contributed by atoms with Gasteiger partial charge in [0.05, 0.1) is 0 Å². The molecule has 150 valence electrons. The van der Waals surface area contributed by atoms with Gasteiger partial charge in [-0.05, 0) is 70.1 Å². The van der Waals surface area contributed by atoms with Crippen molar-refractivity contribution in [1.29, 1.82) is 0 Å². The Balaban J connectivity index is 1.71. The molecule has 27 heavy (non-hydrogen) atoms. The molecule has 0 spiro atoms. The standard InChI is InChI=1S/C21H30O6/c1-5-26-20(4,27-17(22)12-25-18(23)13(2)3)19(24)21-9-14-6-15(10-21)8-16(7-14)11-21/h14-16H,2,5-12H2,1,3-4H3. The summed E-state index contributed by atoms with van der Waals surface area (Å²) in [5, 5.41) is 0. The number of carbonyl (C=O) groups is 3. The predicted molar refractivity (Wildman–Crippen MR) is 97.5 cm³/mol. The average Bonchev–Trinajstić information content (AvgIpc) is 2.57. The second kappa shape index (κ2) is 7.38. The van der Waals surface area contributed by atoms with E-state index >= 15 is 0 Å². The van der Waals surface area contributed by atoms with Crippen LogP contribution in [0.4, 0.5) is 0 Å². The van der Waals surface area contributed by atoms with Crippen molar-refractivity contribution in [3.05, 3.63) is 12.2 Å². The molecule has 0 heterocycles. The first-order chi connectivity index (χ1) is 12.7. The van der Waals surface area contributed by atoms with E-state index in [-0.39, 0.29) is 18.0 Å². The molecule has 1 atom stereocenters. The Labute approximate surface area is 160 Å². The van der Waals surface area contributed by atoms with Gasteiger partial charge in [0, 0.05) is 24.5 Å². The van der Waals surface area contributed by atoms with E-state index in [1.54, 1.807) is 6.92 Å². The van der Waals surface area contributed by atoms with Gasteiger partial charge >= 0.3 is 11.9 Å². The van der Waals surface area contributed by atoms with Gasteiger partial charge < -0.3 is 14.2 Å². The molecule has 4 bridgehead atoms. The molecule has 0 saturated heterocycles. The lowest BCUT2D eigenvalue weighted by Crippen LogP contribution is -2.58. The molecule has 0 amide bonds. The SMILES string of the molecule is C=C(C)C(=O)OCC(=O)OC(C)(OCC)C(=O)C12CC3CC(CC(C3)C1)C2. The highest BCUT2D eigenvalue weighted by Crippen LogP contribution is 2.61. The van der Waals surface area contributed by atoms with Gasteiger partial charge in [-0.2, -0.15) is 0 Å². The normalized spacial score (nSPS) is 33.2. The monoisotopic (exact) mass is 378 g/mol. The Bertz CT molecular complexity index is 616. The van der Waals surface area contributed by atoms with E-state index in [1.807, 2.05) is 0 Å². The van der Waals surface area contributed by atoms with Gasteiger partial charge in [-0.25, -0.2) is 9.59 Å². The fourth-order valence-corrected chi connectivity index (χ4v) is 5.78. The maximum Gasteiger partial charge on any atom is 0.347 e. The molecule has 0 aromatic rings. The Morgan fingerprint density at radius 3 is 2.04 bits per heavy atom. The maximum atomic E-state index is 13.6. The zero-order chi connectivity index (χ0) is 19.8. The van der Waals surface area contributed by atoms with Crippen molar-refractivity contribution in [2.24, 2.45) is 23.2 Å². The first kappa shape index (κ1) is 20.1. The van der Waals surface area contributed by atoms with Gasteiger partial charge in [-0.15, -0.1) is 0 Å². The number of Topliss-reactive ketones (excluding diaryl/α,β-unsaturated/α-hetero) is 1. The number of ketones is 1. The van der Waals surface area contributed by atoms with Crippen LogP contribution >= 0.6 is 0 Å². The zero-order valence-electron chi connectivity index (χ0n) is 16.5. The van der Waals surface area contributed by atoms with Crippen molar-refractivity contribution in [3.8, 4) is 0 Å². The molecular weight excluding hydrogens is 348 g/mol. The molecule has 4 fully saturated rings. The number of esters is 2. The summed E-state index contributed by atoms with van der Waals surface area (Å²) in [7, 11) is 0. The average molecular weight is 378 g/mol. The van der Waals surface area contributed by atoms with Gasteiger partial charge in [-0.1, -0.05) is 6.58 Å². The van der Waals surface area contributed by atoms with Crippen LogP contribution in [0.1, 0.15) is 59.3 Å². The van der Waals surface area contributed by atoms with Crippen molar-refractivity contribution in [2.75, 3.05) is 13.2 Å². The summed E-state index contributed by atoms with van der Waals surface area (Å²) in [6.45, 7) is 7.92. The molecule has 4 saturated carbocycles. The molecule has 6 heteroatoms. The summed E-state index contributed by atoms with van der Waals surface area (Å²) < 4.78 is 15.9. The zero-order valence-corrected chi connectivity index (χ0v) is 16.5. The Morgan fingerprint density at radius 1 is 1.07 bits per heavy atom. The van der Waals surface area contributed by atoms with Crippen molar-refractivity contribution < 1.29 is 28.6 Å². The van der Waals surface area contributed by atoms with Gasteiger partial charge in [-0.3, -0.25) is 4.79 Å². The lowest BCUT2D eigenvalue weighted by molar-refractivity contribution is -0.233. The Hall–Kier alpha value is -1.69. The van der Waals surface area contributed by atoms with E-state index < -0.39 is 29.7 Å². The van der Waals surface area contributed by atoms with Crippen molar-refractivity contribution in [3.63, 3.8) is 0 Å². The number of hydrogen-bond donors (Lipinski definition) is 0. The van der Waals surface area contributed by atoms with E-state index in [0.717, 1.165) is 19.3 Å². The third kappa shape index (κ3) is 3.96. The van der Waals surface area contributed by atoms with E-state index in [0.29, 0.717) is 17.8 Å². The fourth-order valence-electron chi connectivity index (χ4n) is 5.78. The van der Waals surface area contributed by atoms with Gasteiger partial charge in [0.2, 0.25) is 5.78 Å². The second-order valence-electron chi connectivity index (χ2n) is 8.74. The van der Waals surface area contributed by atoms with Crippen LogP contribution in [0.25, 0.3) is 0 Å². The van der Waals surface area contributed by atoms with Crippen molar-refractivity contribution >= 4 is 17.7 Å². The number of rotatable bonds is 8. The summed E-state index contributed by atoms with van der Waals surface area (Å²) in [6, 6.07) is 0. The molecule has 6 nitrogen and oxygen atoms in total. The molecule has 0 N–H and O–H groups in total. The molecule has 4 aliphatic rings. The quantitative estimate of drug-likeness (QED) is 0.367. The summed E-state index contributed by atoms with van der Waals surface area (Å²) in [5.74, 6) is -1.45. The molecule has 0 aromatic carbocycles. The van der Waals surface area contributed by atoms with E-state index in [2.05, 4.69) is 6.58 Å². The van der Waals surface area contributed by atoms with Gasteiger partial charge in [0.25, 0.3) is 5.79 Å². The van der Waals surface area contributed by atoms with E-state index in [4.69, 9.17) is 14.2 Å². The molecule has 4 aliphatic carbocycles. The lowest BCUT2D eigenvalue weighted by Gasteiger charge is -2.57. The minimum Gasteiger partial charge on any atom is -0.450 e. The molecular formula is C21H30O6. The first-order valence-corrected chi connectivity index (χ1v) is 9.91. The third-order valence-electron chi connectivity index (χ3n) is 6.33. The number of hydrogen-bond acceptors (Lipinski definition) is 6. The largest absolute Gasteiger partial charge is 0.450 e.